The number of amides is 1. The SMILES string of the molecule is COCCCNC(=O)c1cncc(Nc2ccc(C)cc2C)c1. The molecule has 0 saturated heterocycles. The van der Waals surface area contributed by atoms with Crippen LogP contribution in [0.4, 0.5) is 11.4 Å². The van der Waals surface area contributed by atoms with Crippen molar-refractivity contribution in [3.63, 3.8) is 0 Å². The van der Waals surface area contributed by atoms with E-state index in [0.29, 0.717) is 18.7 Å². The van der Waals surface area contributed by atoms with Gasteiger partial charge in [0, 0.05) is 32.1 Å². The van der Waals surface area contributed by atoms with Crippen LogP contribution in [0.15, 0.2) is 36.7 Å². The Labute approximate surface area is 137 Å². The van der Waals surface area contributed by atoms with Crippen LogP contribution in [-0.4, -0.2) is 31.2 Å². The van der Waals surface area contributed by atoms with Crippen LogP contribution in [0.3, 0.4) is 0 Å². The van der Waals surface area contributed by atoms with Crippen molar-refractivity contribution in [3.05, 3.63) is 53.3 Å². The maximum atomic E-state index is 12.1. The van der Waals surface area contributed by atoms with Gasteiger partial charge in [-0.15, -0.1) is 0 Å². The van der Waals surface area contributed by atoms with Gasteiger partial charge in [-0.1, -0.05) is 17.7 Å². The molecule has 0 unspecified atom stereocenters. The van der Waals surface area contributed by atoms with Crippen LogP contribution in [0.2, 0.25) is 0 Å². The molecule has 122 valence electrons. The number of aryl methyl sites for hydroxylation is 2. The molecule has 0 atom stereocenters. The van der Waals surface area contributed by atoms with Crippen molar-refractivity contribution in [2.45, 2.75) is 20.3 Å². The molecule has 2 N–H and O–H groups in total. The van der Waals surface area contributed by atoms with Gasteiger partial charge in [0.25, 0.3) is 5.91 Å². The second-order valence-electron chi connectivity index (χ2n) is 5.51. The van der Waals surface area contributed by atoms with E-state index in [1.54, 1.807) is 25.6 Å². The Hall–Kier alpha value is -2.40. The first-order chi connectivity index (χ1) is 11.1. The highest BCUT2D eigenvalue weighted by Gasteiger charge is 2.07. The molecule has 0 radical (unpaired) electrons. The minimum Gasteiger partial charge on any atom is -0.385 e. The summed E-state index contributed by atoms with van der Waals surface area (Å²) in [7, 11) is 1.65. The Kier molecular flexibility index (Phi) is 6.11. The lowest BCUT2D eigenvalue weighted by molar-refractivity contribution is 0.0948. The number of hydrogen-bond acceptors (Lipinski definition) is 4. The summed E-state index contributed by atoms with van der Waals surface area (Å²) >= 11 is 0. The molecule has 0 spiro atoms. The third-order valence-corrected chi connectivity index (χ3v) is 3.47. The minimum atomic E-state index is -0.127. The highest BCUT2D eigenvalue weighted by atomic mass is 16.5. The number of rotatable bonds is 7. The van der Waals surface area contributed by atoms with Crippen LogP contribution in [0.1, 0.15) is 27.9 Å². The first-order valence-corrected chi connectivity index (χ1v) is 7.66. The summed E-state index contributed by atoms with van der Waals surface area (Å²) in [5, 5.41) is 6.17. The van der Waals surface area contributed by atoms with Crippen LogP contribution in [-0.2, 0) is 4.74 Å². The summed E-state index contributed by atoms with van der Waals surface area (Å²) in [6.07, 6.45) is 4.07. The number of methoxy groups -OCH3 is 1. The Bertz CT molecular complexity index is 671. The zero-order valence-corrected chi connectivity index (χ0v) is 13.8. The fourth-order valence-electron chi connectivity index (χ4n) is 2.26. The second-order valence-corrected chi connectivity index (χ2v) is 5.51. The van der Waals surface area contributed by atoms with E-state index in [1.807, 2.05) is 6.07 Å². The van der Waals surface area contributed by atoms with E-state index in [9.17, 15) is 4.79 Å². The van der Waals surface area contributed by atoms with Crippen LogP contribution < -0.4 is 10.6 Å². The fraction of sp³-hybridized carbons (Fsp3) is 0.333. The summed E-state index contributed by atoms with van der Waals surface area (Å²) in [6, 6.07) is 8.00. The van der Waals surface area contributed by atoms with Crippen molar-refractivity contribution < 1.29 is 9.53 Å². The van der Waals surface area contributed by atoms with E-state index in [2.05, 4.69) is 41.6 Å². The van der Waals surface area contributed by atoms with Gasteiger partial charge < -0.3 is 15.4 Å². The highest BCUT2D eigenvalue weighted by molar-refractivity contribution is 5.94. The van der Waals surface area contributed by atoms with Gasteiger partial charge in [-0.05, 0) is 38.0 Å². The predicted octanol–water partition coefficient (Wildman–Crippen LogP) is 3.21. The molecule has 0 aliphatic carbocycles. The molecule has 1 amide bonds. The molecule has 0 aliphatic rings. The molecule has 0 saturated carbocycles. The maximum absolute atomic E-state index is 12.1. The second kappa shape index (κ2) is 8.29. The molecule has 2 aromatic rings. The molecule has 5 heteroatoms. The van der Waals surface area contributed by atoms with Gasteiger partial charge in [0.05, 0.1) is 17.4 Å². The van der Waals surface area contributed by atoms with E-state index in [-0.39, 0.29) is 5.91 Å². The van der Waals surface area contributed by atoms with E-state index >= 15 is 0 Å². The number of nitrogens with one attached hydrogen (secondary N) is 2. The molecule has 0 fully saturated rings. The van der Waals surface area contributed by atoms with Crippen molar-refractivity contribution in [1.82, 2.24) is 10.3 Å². The van der Waals surface area contributed by atoms with Gasteiger partial charge in [-0.25, -0.2) is 0 Å². The van der Waals surface area contributed by atoms with Gasteiger partial charge in [0.2, 0.25) is 0 Å². The quantitative estimate of drug-likeness (QED) is 0.771. The number of anilines is 2. The Morgan fingerprint density at radius 3 is 2.78 bits per heavy atom. The highest BCUT2D eigenvalue weighted by Crippen LogP contribution is 2.21. The van der Waals surface area contributed by atoms with Crippen molar-refractivity contribution in [1.29, 1.82) is 0 Å². The maximum Gasteiger partial charge on any atom is 0.252 e. The van der Waals surface area contributed by atoms with E-state index in [4.69, 9.17) is 4.74 Å². The number of carbonyl (C=O) groups excluding carboxylic acids is 1. The fourth-order valence-corrected chi connectivity index (χ4v) is 2.26. The molecular weight excluding hydrogens is 290 g/mol. The number of benzene rings is 1. The lowest BCUT2D eigenvalue weighted by Crippen LogP contribution is -2.25. The van der Waals surface area contributed by atoms with Gasteiger partial charge >= 0.3 is 0 Å². The van der Waals surface area contributed by atoms with Crippen molar-refractivity contribution in [2.75, 3.05) is 25.6 Å². The largest absolute Gasteiger partial charge is 0.385 e. The number of nitrogens with zero attached hydrogens (tertiary/aromatic N) is 1. The van der Waals surface area contributed by atoms with Crippen molar-refractivity contribution in [2.24, 2.45) is 0 Å². The molecule has 0 aliphatic heterocycles. The minimum absolute atomic E-state index is 0.127. The normalized spacial score (nSPS) is 10.4. The van der Waals surface area contributed by atoms with Crippen LogP contribution in [0.25, 0.3) is 0 Å². The lowest BCUT2D eigenvalue weighted by Gasteiger charge is -2.11. The summed E-state index contributed by atoms with van der Waals surface area (Å²) < 4.78 is 4.96. The predicted molar refractivity (Wildman–Crippen MR) is 92.3 cm³/mol. The van der Waals surface area contributed by atoms with Gasteiger partial charge in [0.1, 0.15) is 0 Å². The van der Waals surface area contributed by atoms with E-state index in [1.165, 1.54) is 5.56 Å². The van der Waals surface area contributed by atoms with Crippen LogP contribution in [0, 0.1) is 13.8 Å². The summed E-state index contributed by atoms with van der Waals surface area (Å²) in [6.45, 7) is 5.33. The average molecular weight is 313 g/mol. The Morgan fingerprint density at radius 2 is 2.04 bits per heavy atom. The smallest absolute Gasteiger partial charge is 0.252 e. The molecule has 1 aromatic heterocycles. The molecule has 23 heavy (non-hydrogen) atoms. The molecule has 2 rings (SSSR count). The Balaban J connectivity index is 2.03. The zero-order valence-electron chi connectivity index (χ0n) is 13.8. The van der Waals surface area contributed by atoms with Gasteiger partial charge in [-0.3, -0.25) is 9.78 Å². The number of ether oxygens (including phenoxy) is 1. The number of hydrogen-bond donors (Lipinski definition) is 2. The molecule has 5 nitrogen and oxygen atoms in total. The topological polar surface area (TPSA) is 63.2 Å². The average Bonchev–Trinajstić information content (AvgIpc) is 2.54. The third-order valence-electron chi connectivity index (χ3n) is 3.47. The zero-order chi connectivity index (χ0) is 16.7. The third kappa shape index (κ3) is 5.07. The lowest BCUT2D eigenvalue weighted by atomic mass is 10.1. The number of carbonyl (C=O) groups is 1. The van der Waals surface area contributed by atoms with Crippen molar-refractivity contribution in [3.8, 4) is 0 Å². The summed E-state index contributed by atoms with van der Waals surface area (Å²) in [5.74, 6) is -0.127. The molecule has 0 bridgehead atoms. The van der Waals surface area contributed by atoms with E-state index in [0.717, 1.165) is 23.4 Å². The standard InChI is InChI=1S/C18H23N3O2/c1-13-5-6-17(14(2)9-13)21-16-10-15(11-19-12-16)18(22)20-7-4-8-23-3/h5-6,9-12,21H,4,7-8H2,1-3H3,(H,20,22). The summed E-state index contributed by atoms with van der Waals surface area (Å²) in [5.41, 5.74) is 4.71. The van der Waals surface area contributed by atoms with E-state index < -0.39 is 0 Å². The van der Waals surface area contributed by atoms with Gasteiger partial charge in [-0.2, -0.15) is 0 Å². The first-order valence-electron chi connectivity index (χ1n) is 7.66. The molecule has 1 heterocycles. The molecule has 1 aromatic carbocycles. The van der Waals surface area contributed by atoms with Crippen LogP contribution >= 0.6 is 0 Å². The monoisotopic (exact) mass is 313 g/mol. The number of aromatic nitrogens is 1. The van der Waals surface area contributed by atoms with Crippen molar-refractivity contribution >= 4 is 17.3 Å². The number of pyridine rings is 1. The first kappa shape index (κ1) is 17.0. The van der Waals surface area contributed by atoms with Gasteiger partial charge in [0.15, 0.2) is 0 Å². The Morgan fingerprint density at radius 1 is 1.22 bits per heavy atom. The van der Waals surface area contributed by atoms with Crippen LogP contribution in [0.5, 0.6) is 0 Å². The summed E-state index contributed by atoms with van der Waals surface area (Å²) in [4.78, 5) is 16.2. The molecular formula is C18H23N3O2.